The third-order valence-electron chi connectivity index (χ3n) is 2.64. The first-order valence-corrected chi connectivity index (χ1v) is 5.96. The summed E-state index contributed by atoms with van der Waals surface area (Å²) >= 11 is 0. The number of carbonyl (C=O) groups is 1. The van der Waals surface area contributed by atoms with Gasteiger partial charge < -0.3 is 9.47 Å². The van der Waals surface area contributed by atoms with Crippen LogP contribution in [0.2, 0.25) is 0 Å². The number of ether oxygens (including phenoxy) is 2. The number of aromatic nitrogens is 1. The maximum absolute atomic E-state index is 10.8. The highest BCUT2D eigenvalue weighted by Gasteiger charge is 2.06. The molecule has 1 heterocycles. The Hall–Kier alpha value is -2.20. The molecule has 1 aromatic carbocycles. The highest BCUT2D eigenvalue weighted by Crippen LogP contribution is 2.29. The summed E-state index contributed by atoms with van der Waals surface area (Å²) in [7, 11) is 1.63. The first kappa shape index (κ1) is 13.2. The molecule has 0 radical (unpaired) electrons. The van der Waals surface area contributed by atoms with Crippen molar-refractivity contribution >= 4 is 6.29 Å². The molecule has 4 heteroatoms. The molecule has 0 saturated carbocycles. The molecule has 4 nitrogen and oxygen atoms in total. The maximum Gasteiger partial charge on any atom is 0.151 e. The number of para-hydroxylation sites is 1. The summed E-state index contributed by atoms with van der Waals surface area (Å²) in [4.78, 5) is 14.9. The fraction of sp³-hybridized carbons (Fsp3) is 0.200. The number of hydrogen-bond donors (Lipinski definition) is 0. The first-order chi connectivity index (χ1) is 9.35. The van der Waals surface area contributed by atoms with Crippen LogP contribution < -0.4 is 4.74 Å². The van der Waals surface area contributed by atoms with Gasteiger partial charge >= 0.3 is 0 Å². The predicted molar refractivity (Wildman–Crippen MR) is 72.4 cm³/mol. The van der Waals surface area contributed by atoms with Gasteiger partial charge in [-0.15, -0.1) is 0 Å². The van der Waals surface area contributed by atoms with Gasteiger partial charge in [-0.2, -0.15) is 0 Å². The summed E-state index contributed by atoms with van der Waals surface area (Å²) < 4.78 is 10.6. The Labute approximate surface area is 112 Å². The van der Waals surface area contributed by atoms with E-state index in [1.165, 1.54) is 6.20 Å². The Kier molecular flexibility index (Phi) is 4.64. The zero-order valence-electron chi connectivity index (χ0n) is 10.7. The van der Waals surface area contributed by atoms with Gasteiger partial charge in [-0.25, -0.2) is 0 Å². The van der Waals surface area contributed by atoms with Crippen LogP contribution in [0.25, 0.3) is 11.1 Å². The Bertz CT molecular complexity index is 555. The van der Waals surface area contributed by atoms with Crippen molar-refractivity contribution in [3.05, 3.63) is 48.3 Å². The highest BCUT2D eigenvalue weighted by atomic mass is 16.5. The molecule has 0 fully saturated rings. The van der Waals surface area contributed by atoms with Crippen LogP contribution >= 0.6 is 0 Å². The van der Waals surface area contributed by atoms with Gasteiger partial charge in [0, 0.05) is 36.2 Å². The lowest BCUT2D eigenvalue weighted by atomic mass is 10.1. The number of benzene rings is 1. The minimum atomic E-state index is 0.480. The largest absolute Gasteiger partial charge is 0.491 e. The van der Waals surface area contributed by atoms with Crippen LogP contribution in [-0.2, 0) is 4.74 Å². The number of carbonyl (C=O) groups excluding carboxylic acids is 1. The first-order valence-electron chi connectivity index (χ1n) is 5.96. The summed E-state index contributed by atoms with van der Waals surface area (Å²) in [5.41, 5.74) is 2.32. The fourth-order valence-electron chi connectivity index (χ4n) is 1.74. The van der Waals surface area contributed by atoms with Crippen molar-refractivity contribution in [2.45, 2.75) is 0 Å². The van der Waals surface area contributed by atoms with Gasteiger partial charge in [0.15, 0.2) is 6.29 Å². The molecule has 0 spiro atoms. The van der Waals surface area contributed by atoms with Crippen LogP contribution in [0.3, 0.4) is 0 Å². The van der Waals surface area contributed by atoms with E-state index in [2.05, 4.69) is 4.98 Å². The van der Waals surface area contributed by atoms with Crippen molar-refractivity contribution < 1.29 is 14.3 Å². The number of aldehydes is 1. The van der Waals surface area contributed by atoms with Crippen molar-refractivity contribution in [2.24, 2.45) is 0 Å². The van der Waals surface area contributed by atoms with Gasteiger partial charge in [0.25, 0.3) is 0 Å². The van der Waals surface area contributed by atoms with Crippen molar-refractivity contribution in [1.29, 1.82) is 0 Å². The minimum Gasteiger partial charge on any atom is -0.491 e. The average Bonchev–Trinajstić information content (AvgIpc) is 2.48. The third-order valence-corrected chi connectivity index (χ3v) is 2.64. The lowest BCUT2D eigenvalue weighted by molar-refractivity contribution is 0.112. The van der Waals surface area contributed by atoms with E-state index in [1.807, 2.05) is 24.3 Å². The van der Waals surface area contributed by atoms with E-state index in [0.717, 1.165) is 23.2 Å². The Balaban J connectivity index is 2.29. The summed E-state index contributed by atoms with van der Waals surface area (Å²) in [5.74, 6) is 0.754. The Morgan fingerprint density at radius 3 is 2.84 bits per heavy atom. The molecule has 1 aromatic heterocycles. The maximum atomic E-state index is 10.8. The van der Waals surface area contributed by atoms with Crippen molar-refractivity contribution in [1.82, 2.24) is 4.98 Å². The summed E-state index contributed by atoms with van der Waals surface area (Å²) in [6.45, 7) is 1.01. The second-order valence-corrected chi connectivity index (χ2v) is 3.96. The molecular weight excluding hydrogens is 242 g/mol. The number of pyridine rings is 1. The van der Waals surface area contributed by atoms with Gasteiger partial charge in [-0.05, 0) is 12.1 Å². The summed E-state index contributed by atoms with van der Waals surface area (Å²) in [6.07, 6.45) is 4.03. The van der Waals surface area contributed by atoms with Crippen molar-refractivity contribution in [3.63, 3.8) is 0 Å². The summed E-state index contributed by atoms with van der Waals surface area (Å²) in [6, 6.07) is 9.44. The van der Waals surface area contributed by atoms with E-state index in [0.29, 0.717) is 18.8 Å². The quantitative estimate of drug-likeness (QED) is 0.589. The highest BCUT2D eigenvalue weighted by molar-refractivity contribution is 5.79. The van der Waals surface area contributed by atoms with E-state index in [-0.39, 0.29) is 0 Å². The standard InChI is InChI=1S/C15H15NO3/c1-18-6-7-19-15-5-3-2-4-14(15)13-8-12(11-17)9-16-10-13/h2-5,8-11H,6-7H2,1H3. The van der Waals surface area contributed by atoms with Crippen molar-refractivity contribution in [3.8, 4) is 16.9 Å². The van der Waals surface area contributed by atoms with E-state index in [4.69, 9.17) is 9.47 Å². The fourth-order valence-corrected chi connectivity index (χ4v) is 1.74. The molecule has 0 N–H and O–H groups in total. The normalized spacial score (nSPS) is 10.2. The minimum absolute atomic E-state index is 0.480. The molecule has 0 aliphatic heterocycles. The lowest BCUT2D eigenvalue weighted by Crippen LogP contribution is -2.05. The van der Waals surface area contributed by atoms with Gasteiger partial charge in [-0.1, -0.05) is 18.2 Å². The number of methoxy groups -OCH3 is 1. The third kappa shape index (κ3) is 3.39. The molecule has 0 unspecified atom stereocenters. The van der Waals surface area contributed by atoms with Gasteiger partial charge in [0.2, 0.25) is 0 Å². The van der Waals surface area contributed by atoms with Crippen LogP contribution in [0.4, 0.5) is 0 Å². The Morgan fingerprint density at radius 1 is 1.21 bits per heavy atom. The van der Waals surface area contributed by atoms with E-state index >= 15 is 0 Å². The van der Waals surface area contributed by atoms with Crippen molar-refractivity contribution in [2.75, 3.05) is 20.3 Å². The second-order valence-electron chi connectivity index (χ2n) is 3.96. The zero-order valence-corrected chi connectivity index (χ0v) is 10.7. The van der Waals surface area contributed by atoms with E-state index < -0.39 is 0 Å². The second kappa shape index (κ2) is 6.66. The smallest absolute Gasteiger partial charge is 0.151 e. The zero-order chi connectivity index (χ0) is 13.5. The molecule has 0 aliphatic carbocycles. The molecule has 2 rings (SSSR count). The molecule has 19 heavy (non-hydrogen) atoms. The number of rotatable bonds is 6. The molecular formula is C15H15NO3. The summed E-state index contributed by atoms with van der Waals surface area (Å²) in [5, 5.41) is 0. The molecule has 0 amide bonds. The molecule has 0 atom stereocenters. The number of hydrogen-bond acceptors (Lipinski definition) is 4. The van der Waals surface area contributed by atoms with Crippen LogP contribution in [0, 0.1) is 0 Å². The SMILES string of the molecule is COCCOc1ccccc1-c1cncc(C=O)c1. The van der Waals surface area contributed by atoms with E-state index in [1.54, 1.807) is 19.4 Å². The number of nitrogens with zero attached hydrogens (tertiary/aromatic N) is 1. The van der Waals surface area contributed by atoms with Gasteiger partial charge in [0.05, 0.1) is 6.61 Å². The molecule has 98 valence electrons. The van der Waals surface area contributed by atoms with E-state index in [9.17, 15) is 4.79 Å². The van der Waals surface area contributed by atoms with Crippen LogP contribution in [0.1, 0.15) is 10.4 Å². The monoisotopic (exact) mass is 257 g/mol. The topological polar surface area (TPSA) is 48.4 Å². The van der Waals surface area contributed by atoms with Gasteiger partial charge in [0.1, 0.15) is 12.4 Å². The van der Waals surface area contributed by atoms with Crippen LogP contribution in [-0.4, -0.2) is 31.6 Å². The molecule has 0 saturated heterocycles. The lowest BCUT2D eigenvalue weighted by Gasteiger charge is -2.11. The van der Waals surface area contributed by atoms with Crippen LogP contribution in [0.5, 0.6) is 5.75 Å². The predicted octanol–water partition coefficient (Wildman–Crippen LogP) is 2.59. The Morgan fingerprint density at radius 2 is 2.05 bits per heavy atom. The molecule has 2 aromatic rings. The van der Waals surface area contributed by atoms with Crippen LogP contribution in [0.15, 0.2) is 42.7 Å². The van der Waals surface area contributed by atoms with Gasteiger partial charge in [-0.3, -0.25) is 9.78 Å². The molecule has 0 aliphatic rings. The average molecular weight is 257 g/mol. The molecule has 0 bridgehead atoms.